The molecule has 0 N–H and O–H groups in total. The van der Waals surface area contributed by atoms with Gasteiger partial charge in [-0.2, -0.15) is 0 Å². The molecule has 1 fully saturated rings. The molecule has 1 amide bonds. The molecular weight excluding hydrogens is 274 g/mol. The minimum absolute atomic E-state index is 0.924. The van der Waals surface area contributed by atoms with E-state index in [-0.39, 0.29) is 0 Å². The highest BCUT2D eigenvalue weighted by Crippen LogP contribution is 2.24. The Kier molecular flexibility index (Phi) is 5.32. The minimum atomic E-state index is 0.924. The van der Waals surface area contributed by atoms with Gasteiger partial charge in [0.2, 0.25) is 6.41 Å². The van der Waals surface area contributed by atoms with Crippen LogP contribution in [0.25, 0.3) is 0 Å². The first-order valence-corrected chi connectivity index (χ1v) is 6.66. The standard InChI is InChI=1S/C6H7BrS.C5H9NO/c1-4-3-6(7)8-5(4)2;7-5-6-3-1-2-4-6/h3H,1-2H3;5H,1-4H2. The van der Waals surface area contributed by atoms with Crippen molar-refractivity contribution in [2.45, 2.75) is 26.7 Å². The van der Waals surface area contributed by atoms with Crippen LogP contribution in [0.15, 0.2) is 9.85 Å². The summed E-state index contributed by atoms with van der Waals surface area (Å²) in [6, 6.07) is 2.14. The van der Waals surface area contributed by atoms with Crippen molar-refractivity contribution >= 4 is 33.7 Å². The fraction of sp³-hybridized carbons (Fsp3) is 0.545. The number of aryl methyl sites for hydroxylation is 2. The predicted octanol–water partition coefficient (Wildman–Crippen LogP) is 3.37. The van der Waals surface area contributed by atoms with Crippen molar-refractivity contribution in [2.75, 3.05) is 13.1 Å². The van der Waals surface area contributed by atoms with E-state index in [1.807, 2.05) is 0 Å². The molecule has 0 unspecified atom stereocenters. The van der Waals surface area contributed by atoms with Gasteiger partial charge in [-0.1, -0.05) is 0 Å². The lowest BCUT2D eigenvalue weighted by atomic mass is 10.3. The number of nitrogens with zero attached hydrogens (tertiary/aromatic N) is 1. The average Bonchev–Trinajstić information content (AvgIpc) is 2.78. The van der Waals surface area contributed by atoms with Crippen molar-refractivity contribution in [3.05, 3.63) is 20.3 Å². The van der Waals surface area contributed by atoms with Crippen LogP contribution in [0.3, 0.4) is 0 Å². The van der Waals surface area contributed by atoms with E-state index < -0.39 is 0 Å². The summed E-state index contributed by atoms with van der Waals surface area (Å²) >= 11 is 5.19. The number of carbonyl (C=O) groups is 1. The van der Waals surface area contributed by atoms with Crippen LogP contribution in [0.1, 0.15) is 23.3 Å². The monoisotopic (exact) mass is 289 g/mol. The van der Waals surface area contributed by atoms with Crippen LogP contribution in [0.4, 0.5) is 0 Å². The van der Waals surface area contributed by atoms with Crippen LogP contribution in [-0.4, -0.2) is 24.4 Å². The van der Waals surface area contributed by atoms with Crippen molar-refractivity contribution in [2.24, 2.45) is 0 Å². The summed E-state index contributed by atoms with van der Waals surface area (Å²) in [5.41, 5.74) is 1.38. The van der Waals surface area contributed by atoms with Gasteiger partial charge in [-0.3, -0.25) is 4.79 Å². The lowest BCUT2D eigenvalue weighted by Crippen LogP contribution is -2.15. The molecule has 2 heterocycles. The number of hydrogen-bond acceptors (Lipinski definition) is 2. The quantitative estimate of drug-likeness (QED) is 0.726. The summed E-state index contributed by atoms with van der Waals surface area (Å²) in [6.45, 7) is 6.20. The second kappa shape index (κ2) is 6.28. The molecule has 4 heteroatoms. The molecule has 2 nitrogen and oxygen atoms in total. The maximum atomic E-state index is 9.93. The molecule has 15 heavy (non-hydrogen) atoms. The van der Waals surface area contributed by atoms with Gasteiger partial charge in [0.15, 0.2) is 0 Å². The van der Waals surface area contributed by atoms with Crippen LogP contribution >= 0.6 is 27.3 Å². The van der Waals surface area contributed by atoms with E-state index in [0.717, 1.165) is 19.5 Å². The van der Waals surface area contributed by atoms with Gasteiger partial charge in [0.05, 0.1) is 3.79 Å². The van der Waals surface area contributed by atoms with E-state index in [2.05, 4.69) is 35.8 Å². The lowest BCUT2D eigenvalue weighted by Gasteiger charge is -2.03. The topological polar surface area (TPSA) is 20.3 Å². The lowest BCUT2D eigenvalue weighted by molar-refractivity contribution is -0.117. The Bertz CT molecular complexity index is 299. The second-order valence-electron chi connectivity index (χ2n) is 3.64. The van der Waals surface area contributed by atoms with Gasteiger partial charge in [-0.25, -0.2) is 0 Å². The van der Waals surface area contributed by atoms with Crippen LogP contribution < -0.4 is 0 Å². The number of thiophene rings is 1. The highest BCUT2D eigenvalue weighted by atomic mass is 79.9. The number of amides is 1. The Morgan fingerprint density at radius 3 is 2.20 bits per heavy atom. The SMILES string of the molecule is Cc1cc(Br)sc1C.O=CN1CCCC1. The van der Waals surface area contributed by atoms with E-state index in [1.54, 1.807) is 16.2 Å². The molecule has 0 spiro atoms. The van der Waals surface area contributed by atoms with Crippen molar-refractivity contribution in [1.29, 1.82) is 0 Å². The van der Waals surface area contributed by atoms with Gasteiger partial charge in [0.25, 0.3) is 0 Å². The first-order chi connectivity index (χ1) is 7.13. The van der Waals surface area contributed by atoms with Crippen LogP contribution in [0.2, 0.25) is 0 Å². The first kappa shape index (κ1) is 12.7. The number of likely N-dealkylation sites (tertiary alicyclic amines) is 1. The zero-order chi connectivity index (χ0) is 11.3. The molecule has 0 aromatic carbocycles. The smallest absolute Gasteiger partial charge is 0.209 e. The molecule has 1 aliphatic heterocycles. The van der Waals surface area contributed by atoms with Crippen molar-refractivity contribution in [1.82, 2.24) is 4.90 Å². The third-order valence-electron chi connectivity index (χ3n) is 2.43. The van der Waals surface area contributed by atoms with Crippen LogP contribution in [0.5, 0.6) is 0 Å². The maximum Gasteiger partial charge on any atom is 0.209 e. The molecule has 1 saturated heterocycles. The Labute approximate surface area is 103 Å². The largest absolute Gasteiger partial charge is 0.345 e. The van der Waals surface area contributed by atoms with Gasteiger partial charge in [-0.15, -0.1) is 11.3 Å². The molecule has 0 bridgehead atoms. The summed E-state index contributed by atoms with van der Waals surface area (Å²) in [5, 5.41) is 0. The summed E-state index contributed by atoms with van der Waals surface area (Å²) < 4.78 is 1.23. The van der Waals surface area contributed by atoms with E-state index in [0.29, 0.717) is 0 Å². The van der Waals surface area contributed by atoms with Crippen molar-refractivity contribution < 1.29 is 4.79 Å². The van der Waals surface area contributed by atoms with E-state index in [1.165, 1.54) is 27.1 Å². The molecule has 0 atom stereocenters. The molecule has 1 aromatic heterocycles. The number of rotatable bonds is 1. The van der Waals surface area contributed by atoms with Gasteiger partial charge in [-0.05, 0) is 54.2 Å². The second-order valence-corrected chi connectivity index (χ2v) is 6.27. The molecule has 2 rings (SSSR count). The van der Waals surface area contributed by atoms with Gasteiger partial charge < -0.3 is 4.90 Å². The Morgan fingerprint density at radius 1 is 1.40 bits per heavy atom. The molecule has 1 aliphatic rings. The molecule has 0 aliphatic carbocycles. The molecule has 84 valence electrons. The highest BCUT2D eigenvalue weighted by Gasteiger charge is 2.06. The average molecular weight is 290 g/mol. The Hall–Kier alpha value is -0.350. The third-order valence-corrected chi connectivity index (χ3v) is 4.08. The highest BCUT2D eigenvalue weighted by molar-refractivity contribution is 9.11. The summed E-state index contributed by atoms with van der Waals surface area (Å²) in [5.74, 6) is 0. The van der Waals surface area contributed by atoms with Gasteiger partial charge >= 0.3 is 0 Å². The summed E-state index contributed by atoms with van der Waals surface area (Å²) in [6.07, 6.45) is 3.31. The maximum absolute atomic E-state index is 9.93. The number of halogens is 1. The van der Waals surface area contributed by atoms with Crippen molar-refractivity contribution in [3.63, 3.8) is 0 Å². The van der Waals surface area contributed by atoms with Crippen LogP contribution in [0, 0.1) is 13.8 Å². The molecule has 0 saturated carbocycles. The fourth-order valence-electron chi connectivity index (χ4n) is 1.38. The van der Waals surface area contributed by atoms with Gasteiger partial charge in [0, 0.05) is 18.0 Å². The molecule has 0 radical (unpaired) electrons. The Morgan fingerprint density at radius 2 is 2.00 bits per heavy atom. The Balaban J connectivity index is 0.000000151. The first-order valence-electron chi connectivity index (χ1n) is 5.05. The van der Waals surface area contributed by atoms with Crippen LogP contribution in [-0.2, 0) is 4.79 Å². The number of hydrogen-bond donors (Lipinski definition) is 0. The predicted molar refractivity (Wildman–Crippen MR) is 68.4 cm³/mol. The fourth-order valence-corrected chi connectivity index (χ4v) is 3.19. The van der Waals surface area contributed by atoms with E-state index >= 15 is 0 Å². The van der Waals surface area contributed by atoms with Gasteiger partial charge in [0.1, 0.15) is 0 Å². The summed E-state index contributed by atoms with van der Waals surface area (Å²) in [7, 11) is 0. The zero-order valence-electron chi connectivity index (χ0n) is 9.12. The van der Waals surface area contributed by atoms with E-state index in [4.69, 9.17) is 0 Å². The number of carbonyl (C=O) groups excluding carboxylic acids is 1. The zero-order valence-corrected chi connectivity index (χ0v) is 11.5. The normalized spacial score (nSPS) is 14.7. The summed E-state index contributed by atoms with van der Waals surface area (Å²) in [4.78, 5) is 13.1. The molecular formula is C11H16BrNOS. The van der Waals surface area contributed by atoms with Crippen molar-refractivity contribution in [3.8, 4) is 0 Å². The van der Waals surface area contributed by atoms with E-state index in [9.17, 15) is 4.79 Å². The minimum Gasteiger partial charge on any atom is -0.345 e. The third kappa shape index (κ3) is 4.34. The molecule has 1 aromatic rings.